The maximum Gasteiger partial charge on any atom is 0.244 e. The van der Waals surface area contributed by atoms with Crippen LogP contribution in [0, 0.1) is 0 Å². The van der Waals surface area contributed by atoms with Gasteiger partial charge in [-0.25, -0.2) is 10.4 Å². The standard InChI is InChI=1S/C11H18N6O2/c12-6-5-8(13)7-14-11-15-17(19)10-4-2-1-3-9(10)16(11)18/h1-4,8,18-19H,5-7,12-13H2,(H,14,15). The Morgan fingerprint density at radius 2 is 1.95 bits per heavy atom. The Hall–Kier alpha value is -1.87. The fourth-order valence-corrected chi connectivity index (χ4v) is 1.75. The smallest absolute Gasteiger partial charge is 0.244 e. The first-order chi connectivity index (χ1) is 9.13. The average Bonchev–Trinajstić information content (AvgIpc) is 2.42. The Labute approximate surface area is 110 Å². The lowest BCUT2D eigenvalue weighted by Crippen LogP contribution is -2.53. The van der Waals surface area contributed by atoms with Crippen LogP contribution in [-0.2, 0) is 0 Å². The molecule has 0 saturated carbocycles. The molecule has 0 amide bonds. The van der Waals surface area contributed by atoms with Gasteiger partial charge in [0.1, 0.15) is 11.4 Å². The molecular weight excluding hydrogens is 248 g/mol. The van der Waals surface area contributed by atoms with E-state index in [0.29, 0.717) is 30.9 Å². The predicted molar refractivity (Wildman–Crippen MR) is 72.1 cm³/mol. The van der Waals surface area contributed by atoms with Gasteiger partial charge in [-0.2, -0.15) is 10.2 Å². The number of anilines is 2. The van der Waals surface area contributed by atoms with Crippen LogP contribution in [0.5, 0.6) is 0 Å². The van der Waals surface area contributed by atoms with Gasteiger partial charge in [-0.05, 0) is 25.1 Å². The highest BCUT2D eigenvalue weighted by molar-refractivity contribution is 6.00. The van der Waals surface area contributed by atoms with Crippen molar-refractivity contribution < 1.29 is 10.4 Å². The van der Waals surface area contributed by atoms with Crippen molar-refractivity contribution in [2.75, 3.05) is 23.3 Å². The quantitative estimate of drug-likeness (QED) is 0.503. The van der Waals surface area contributed by atoms with Gasteiger partial charge >= 0.3 is 0 Å². The van der Waals surface area contributed by atoms with Crippen molar-refractivity contribution in [2.24, 2.45) is 16.5 Å². The SMILES string of the molecule is NCCC(N)CN=C1NN(O)c2ccccc2N1O. The molecule has 1 aromatic carbocycles. The van der Waals surface area contributed by atoms with E-state index in [-0.39, 0.29) is 12.0 Å². The van der Waals surface area contributed by atoms with Crippen molar-refractivity contribution in [3.8, 4) is 0 Å². The van der Waals surface area contributed by atoms with Crippen LogP contribution in [0.3, 0.4) is 0 Å². The second kappa shape index (κ2) is 5.85. The number of guanidine groups is 1. The zero-order chi connectivity index (χ0) is 13.8. The molecule has 1 aliphatic rings. The summed E-state index contributed by atoms with van der Waals surface area (Å²) in [5, 5.41) is 21.5. The predicted octanol–water partition coefficient (Wildman–Crippen LogP) is -0.372. The highest BCUT2D eigenvalue weighted by atomic mass is 16.6. The molecule has 1 aliphatic heterocycles. The van der Waals surface area contributed by atoms with E-state index in [1.54, 1.807) is 24.3 Å². The third kappa shape index (κ3) is 2.93. The summed E-state index contributed by atoms with van der Waals surface area (Å²) in [6.45, 7) is 0.782. The highest BCUT2D eigenvalue weighted by Gasteiger charge is 2.25. The third-order valence-electron chi connectivity index (χ3n) is 2.76. The monoisotopic (exact) mass is 266 g/mol. The van der Waals surface area contributed by atoms with Crippen molar-refractivity contribution >= 4 is 17.3 Å². The summed E-state index contributed by atoms with van der Waals surface area (Å²) >= 11 is 0. The lowest BCUT2D eigenvalue weighted by molar-refractivity contribution is 0.216. The summed E-state index contributed by atoms with van der Waals surface area (Å²) in [6.07, 6.45) is 0.641. The number of nitrogens with two attached hydrogens (primary N) is 2. The number of hydroxylamine groups is 1. The molecule has 0 aliphatic carbocycles. The van der Waals surface area contributed by atoms with E-state index in [0.717, 1.165) is 10.2 Å². The van der Waals surface area contributed by atoms with E-state index >= 15 is 0 Å². The Morgan fingerprint density at radius 1 is 1.26 bits per heavy atom. The lowest BCUT2D eigenvalue weighted by atomic mass is 10.2. The summed E-state index contributed by atoms with van der Waals surface area (Å²) in [5.74, 6) is 0.105. The van der Waals surface area contributed by atoms with Gasteiger partial charge < -0.3 is 11.5 Å². The molecule has 8 heteroatoms. The maximum absolute atomic E-state index is 10.0. The molecule has 0 saturated heterocycles. The van der Waals surface area contributed by atoms with E-state index in [2.05, 4.69) is 10.4 Å². The van der Waals surface area contributed by atoms with Gasteiger partial charge in [0, 0.05) is 6.04 Å². The van der Waals surface area contributed by atoms with Gasteiger partial charge in [0.05, 0.1) is 6.54 Å². The first-order valence-electron chi connectivity index (χ1n) is 5.97. The largest absolute Gasteiger partial charge is 0.330 e. The van der Waals surface area contributed by atoms with Crippen molar-refractivity contribution in [2.45, 2.75) is 12.5 Å². The Bertz CT molecular complexity index is 466. The van der Waals surface area contributed by atoms with Crippen molar-refractivity contribution in [3.63, 3.8) is 0 Å². The van der Waals surface area contributed by atoms with Crippen LogP contribution in [0.25, 0.3) is 0 Å². The van der Waals surface area contributed by atoms with E-state index < -0.39 is 0 Å². The molecule has 2 rings (SSSR count). The van der Waals surface area contributed by atoms with Crippen LogP contribution in [0.1, 0.15) is 6.42 Å². The molecule has 0 radical (unpaired) electrons. The van der Waals surface area contributed by atoms with Gasteiger partial charge in [-0.15, -0.1) is 0 Å². The minimum atomic E-state index is -0.183. The number of nitrogens with one attached hydrogen (secondary N) is 1. The fraction of sp³-hybridized carbons (Fsp3) is 0.364. The van der Waals surface area contributed by atoms with E-state index in [1.807, 2.05) is 0 Å². The molecule has 8 nitrogen and oxygen atoms in total. The minimum Gasteiger partial charge on any atom is -0.330 e. The van der Waals surface area contributed by atoms with Crippen LogP contribution < -0.4 is 27.1 Å². The van der Waals surface area contributed by atoms with Crippen molar-refractivity contribution in [1.82, 2.24) is 5.43 Å². The maximum atomic E-state index is 10.0. The zero-order valence-corrected chi connectivity index (χ0v) is 10.4. The first-order valence-corrected chi connectivity index (χ1v) is 5.97. The number of hydrogen-bond acceptors (Lipinski definition) is 6. The molecule has 1 aromatic rings. The highest BCUT2D eigenvalue weighted by Crippen LogP contribution is 2.29. The Balaban J connectivity index is 2.15. The Morgan fingerprint density at radius 3 is 2.63 bits per heavy atom. The molecule has 19 heavy (non-hydrogen) atoms. The molecule has 1 atom stereocenters. The zero-order valence-electron chi connectivity index (χ0n) is 10.4. The molecule has 1 heterocycles. The van der Waals surface area contributed by atoms with Crippen LogP contribution in [0.4, 0.5) is 11.4 Å². The molecule has 0 bridgehead atoms. The number of hydrazine groups is 1. The number of rotatable bonds is 4. The van der Waals surface area contributed by atoms with Gasteiger partial charge in [-0.1, -0.05) is 12.1 Å². The normalized spacial score (nSPS) is 18.2. The van der Waals surface area contributed by atoms with Crippen molar-refractivity contribution in [3.05, 3.63) is 24.3 Å². The summed E-state index contributed by atoms with van der Waals surface area (Å²) in [6, 6.07) is 6.63. The number of nitrogens with zero attached hydrogens (tertiary/aromatic N) is 3. The molecular formula is C11H18N6O2. The van der Waals surface area contributed by atoms with Crippen LogP contribution in [-0.4, -0.2) is 35.5 Å². The number of para-hydroxylation sites is 2. The average molecular weight is 266 g/mol. The van der Waals surface area contributed by atoms with Crippen LogP contribution in [0.15, 0.2) is 29.3 Å². The Kier molecular flexibility index (Phi) is 4.17. The molecule has 0 aromatic heterocycles. The number of hydrogen-bond donors (Lipinski definition) is 5. The van der Waals surface area contributed by atoms with Crippen molar-refractivity contribution in [1.29, 1.82) is 0 Å². The lowest BCUT2D eigenvalue weighted by Gasteiger charge is -2.32. The summed E-state index contributed by atoms with van der Waals surface area (Å²) in [4.78, 5) is 4.13. The number of fused-ring (bicyclic) bond motifs is 1. The molecule has 7 N–H and O–H groups in total. The number of aliphatic imine (C=N–C) groups is 1. The second-order valence-corrected chi connectivity index (χ2v) is 4.23. The van der Waals surface area contributed by atoms with Crippen LogP contribution >= 0.6 is 0 Å². The minimum absolute atomic E-state index is 0.105. The third-order valence-corrected chi connectivity index (χ3v) is 2.76. The van der Waals surface area contributed by atoms with Gasteiger partial charge in [0.25, 0.3) is 0 Å². The second-order valence-electron chi connectivity index (χ2n) is 4.23. The topological polar surface area (TPSA) is 123 Å². The molecule has 0 fully saturated rings. The van der Waals surface area contributed by atoms with E-state index in [4.69, 9.17) is 11.5 Å². The summed E-state index contributed by atoms with van der Waals surface area (Å²) < 4.78 is 0. The van der Waals surface area contributed by atoms with Gasteiger partial charge in [0.2, 0.25) is 5.96 Å². The molecule has 0 spiro atoms. The van der Waals surface area contributed by atoms with E-state index in [1.165, 1.54) is 0 Å². The molecule has 1 unspecified atom stereocenters. The van der Waals surface area contributed by atoms with Gasteiger partial charge in [-0.3, -0.25) is 10.4 Å². The fourth-order valence-electron chi connectivity index (χ4n) is 1.75. The summed E-state index contributed by atoms with van der Waals surface area (Å²) in [5.41, 5.74) is 14.6. The summed E-state index contributed by atoms with van der Waals surface area (Å²) in [7, 11) is 0. The van der Waals surface area contributed by atoms with Gasteiger partial charge in [0.15, 0.2) is 0 Å². The number of benzene rings is 1. The first kappa shape index (κ1) is 13.6. The van der Waals surface area contributed by atoms with Crippen LogP contribution in [0.2, 0.25) is 0 Å². The molecule has 104 valence electrons. The van der Waals surface area contributed by atoms with E-state index in [9.17, 15) is 10.4 Å².